The first kappa shape index (κ1) is 18.9. The number of nitrogens with zero attached hydrogens (tertiary/aromatic N) is 1. The molecule has 0 saturated carbocycles. The highest BCUT2D eigenvalue weighted by molar-refractivity contribution is 9.10. The summed E-state index contributed by atoms with van der Waals surface area (Å²) in [5.41, 5.74) is 3.04. The average Bonchev–Trinajstić information content (AvgIpc) is 2.64. The van der Waals surface area contributed by atoms with Gasteiger partial charge >= 0.3 is 0 Å². The number of benzene rings is 2. The minimum absolute atomic E-state index is 0.00806. The summed E-state index contributed by atoms with van der Waals surface area (Å²) in [6.07, 6.45) is 0.731. The second-order valence-electron chi connectivity index (χ2n) is 6.85. The van der Waals surface area contributed by atoms with E-state index in [4.69, 9.17) is 9.73 Å². The van der Waals surface area contributed by atoms with E-state index in [1.807, 2.05) is 31.2 Å². The van der Waals surface area contributed by atoms with Gasteiger partial charge in [-0.2, -0.15) is 0 Å². The normalized spacial score (nSPS) is 20.1. The highest BCUT2D eigenvalue weighted by Crippen LogP contribution is 2.33. The highest BCUT2D eigenvalue weighted by atomic mass is 79.9. The van der Waals surface area contributed by atoms with Gasteiger partial charge < -0.3 is 9.84 Å². The van der Waals surface area contributed by atoms with E-state index in [0.29, 0.717) is 18.3 Å². The van der Waals surface area contributed by atoms with Crippen LogP contribution in [0.4, 0.5) is 0 Å². The van der Waals surface area contributed by atoms with Gasteiger partial charge in [-0.15, -0.1) is 0 Å². The molecule has 1 heterocycles. The van der Waals surface area contributed by atoms with Crippen LogP contribution in [0.2, 0.25) is 0 Å². The van der Waals surface area contributed by atoms with E-state index in [-0.39, 0.29) is 12.2 Å². The number of hydrogen-bond donors (Lipinski definition) is 2. The first-order chi connectivity index (χ1) is 12.5. The topological polar surface area (TPSA) is 53.8 Å². The predicted molar refractivity (Wildman–Crippen MR) is 109 cm³/mol. The van der Waals surface area contributed by atoms with Crippen LogP contribution in [0.25, 0.3) is 0 Å². The molecule has 2 N–H and O–H groups in total. The molecular weight excluding hydrogens is 392 g/mol. The molecule has 0 bridgehead atoms. The van der Waals surface area contributed by atoms with Crippen molar-refractivity contribution in [2.45, 2.75) is 39.4 Å². The minimum Gasteiger partial charge on any atom is -0.508 e. The summed E-state index contributed by atoms with van der Waals surface area (Å²) in [6, 6.07) is 13.7. The van der Waals surface area contributed by atoms with Gasteiger partial charge in [-0.3, -0.25) is 10.3 Å². The first-order valence-electron chi connectivity index (χ1n) is 9.02. The van der Waals surface area contributed by atoms with Gasteiger partial charge in [0.25, 0.3) is 0 Å². The van der Waals surface area contributed by atoms with Crippen molar-refractivity contribution in [3.63, 3.8) is 0 Å². The van der Waals surface area contributed by atoms with E-state index in [9.17, 15) is 5.11 Å². The standard InChI is InChI=1S/C21H25BrN2O2/c1-4-26-16-8-5-14(6-9-16)18-12-19(24-21(23-18)13(2)3)17-11-15(22)7-10-20(17)25/h5-11,13,19,21,24-25H,4,12H2,1-3H3/t19-,21-/m1/s1. The summed E-state index contributed by atoms with van der Waals surface area (Å²) in [4.78, 5) is 4.93. The number of nitrogens with one attached hydrogen (secondary N) is 1. The van der Waals surface area contributed by atoms with Gasteiger partial charge in [-0.25, -0.2) is 0 Å². The molecule has 0 spiro atoms. The molecule has 1 aliphatic rings. The number of phenolic OH excluding ortho intramolecular Hbond substituents is 1. The average molecular weight is 417 g/mol. The number of aliphatic imine (C=N–C) groups is 1. The maximum atomic E-state index is 10.3. The molecule has 0 amide bonds. The van der Waals surface area contributed by atoms with Crippen LogP contribution in [0.15, 0.2) is 51.9 Å². The van der Waals surface area contributed by atoms with E-state index >= 15 is 0 Å². The van der Waals surface area contributed by atoms with Crippen LogP contribution in [0.3, 0.4) is 0 Å². The first-order valence-corrected chi connectivity index (χ1v) is 9.81. The Hall–Kier alpha value is -1.85. The van der Waals surface area contributed by atoms with E-state index in [2.05, 4.69) is 47.2 Å². The van der Waals surface area contributed by atoms with Crippen LogP contribution in [0.5, 0.6) is 11.5 Å². The smallest absolute Gasteiger partial charge is 0.120 e. The molecule has 0 saturated heterocycles. The molecule has 4 nitrogen and oxygen atoms in total. The summed E-state index contributed by atoms with van der Waals surface area (Å²) >= 11 is 3.51. The van der Waals surface area contributed by atoms with Crippen LogP contribution >= 0.6 is 15.9 Å². The highest BCUT2D eigenvalue weighted by Gasteiger charge is 2.28. The van der Waals surface area contributed by atoms with Crippen molar-refractivity contribution >= 4 is 21.6 Å². The monoisotopic (exact) mass is 416 g/mol. The Morgan fingerprint density at radius 3 is 2.62 bits per heavy atom. The van der Waals surface area contributed by atoms with E-state index < -0.39 is 0 Å². The van der Waals surface area contributed by atoms with E-state index in [1.165, 1.54) is 0 Å². The van der Waals surface area contributed by atoms with Gasteiger partial charge in [0.15, 0.2) is 0 Å². The van der Waals surface area contributed by atoms with Crippen LogP contribution in [0.1, 0.15) is 44.4 Å². The van der Waals surface area contributed by atoms with Crippen LogP contribution in [0, 0.1) is 5.92 Å². The third-order valence-electron chi connectivity index (χ3n) is 4.56. The molecule has 0 radical (unpaired) electrons. The van der Waals surface area contributed by atoms with Crippen molar-refractivity contribution in [2.24, 2.45) is 10.9 Å². The Morgan fingerprint density at radius 1 is 1.23 bits per heavy atom. The molecule has 0 aliphatic carbocycles. The number of phenols is 1. The van der Waals surface area contributed by atoms with Crippen LogP contribution in [-0.2, 0) is 0 Å². The summed E-state index contributed by atoms with van der Waals surface area (Å²) in [7, 11) is 0. The fraction of sp³-hybridized carbons (Fsp3) is 0.381. The molecule has 2 aromatic rings. The largest absolute Gasteiger partial charge is 0.508 e. The van der Waals surface area contributed by atoms with Crippen molar-refractivity contribution < 1.29 is 9.84 Å². The molecule has 1 aliphatic heterocycles. The number of aromatic hydroxyl groups is 1. The number of halogens is 1. The van der Waals surface area contributed by atoms with E-state index in [1.54, 1.807) is 6.07 Å². The lowest BCUT2D eigenvalue weighted by Crippen LogP contribution is -2.41. The maximum Gasteiger partial charge on any atom is 0.120 e. The molecule has 5 heteroatoms. The molecule has 0 aromatic heterocycles. The third-order valence-corrected chi connectivity index (χ3v) is 5.05. The van der Waals surface area contributed by atoms with Crippen molar-refractivity contribution in [2.75, 3.05) is 6.61 Å². The zero-order valence-corrected chi connectivity index (χ0v) is 17.0. The Labute approximate surface area is 163 Å². The van der Waals surface area contributed by atoms with Crippen LogP contribution in [-0.4, -0.2) is 23.6 Å². The van der Waals surface area contributed by atoms with Crippen molar-refractivity contribution in [3.8, 4) is 11.5 Å². The minimum atomic E-state index is 0.00806. The lowest BCUT2D eigenvalue weighted by Gasteiger charge is -2.32. The zero-order valence-electron chi connectivity index (χ0n) is 15.4. The molecule has 0 fully saturated rings. The summed E-state index contributed by atoms with van der Waals surface area (Å²) in [5.74, 6) is 1.53. The van der Waals surface area contributed by atoms with Gasteiger partial charge in [0.05, 0.1) is 6.61 Å². The summed E-state index contributed by atoms with van der Waals surface area (Å²) < 4.78 is 6.49. The fourth-order valence-corrected chi connectivity index (χ4v) is 3.54. The Kier molecular flexibility index (Phi) is 5.99. The van der Waals surface area contributed by atoms with Crippen molar-refractivity contribution in [3.05, 3.63) is 58.1 Å². The molecular formula is C21H25BrN2O2. The molecule has 2 atom stereocenters. The SMILES string of the molecule is CCOc1ccc(C2=N[C@@H](C(C)C)N[C@@H](c3cc(Br)ccc3O)C2)cc1. The lowest BCUT2D eigenvalue weighted by molar-refractivity contribution is 0.340. The summed E-state index contributed by atoms with van der Waals surface area (Å²) in [6.45, 7) is 6.94. The second-order valence-corrected chi connectivity index (χ2v) is 7.76. The molecule has 0 unspecified atom stereocenters. The second kappa shape index (κ2) is 8.23. The lowest BCUT2D eigenvalue weighted by atomic mass is 9.93. The molecule has 3 rings (SSSR count). The third kappa shape index (κ3) is 4.27. The van der Waals surface area contributed by atoms with Gasteiger partial charge in [-0.05, 0) is 60.9 Å². The Balaban J connectivity index is 1.92. The van der Waals surface area contributed by atoms with Crippen LogP contribution < -0.4 is 10.1 Å². The molecule has 2 aromatic carbocycles. The Morgan fingerprint density at radius 2 is 1.96 bits per heavy atom. The maximum absolute atomic E-state index is 10.3. The molecule has 26 heavy (non-hydrogen) atoms. The Bertz CT molecular complexity index is 787. The number of rotatable bonds is 5. The van der Waals surface area contributed by atoms with Crippen molar-refractivity contribution in [1.29, 1.82) is 0 Å². The van der Waals surface area contributed by atoms with Gasteiger partial charge in [0.2, 0.25) is 0 Å². The fourth-order valence-electron chi connectivity index (χ4n) is 3.16. The number of hydrogen-bond acceptors (Lipinski definition) is 4. The van der Waals surface area contributed by atoms with Crippen molar-refractivity contribution in [1.82, 2.24) is 5.32 Å². The van der Waals surface area contributed by atoms with E-state index in [0.717, 1.165) is 33.5 Å². The van der Waals surface area contributed by atoms with Gasteiger partial charge in [-0.1, -0.05) is 29.8 Å². The van der Waals surface area contributed by atoms with Gasteiger partial charge in [0.1, 0.15) is 17.7 Å². The zero-order chi connectivity index (χ0) is 18.7. The van der Waals surface area contributed by atoms with Gasteiger partial charge in [0, 0.05) is 28.2 Å². The molecule has 138 valence electrons. The predicted octanol–water partition coefficient (Wildman–Crippen LogP) is 5.06. The summed E-state index contributed by atoms with van der Waals surface area (Å²) in [5, 5.41) is 13.9. The quantitative estimate of drug-likeness (QED) is 0.715. The number of ether oxygens (including phenoxy) is 1.